The zero-order valence-electron chi connectivity index (χ0n) is 20.1. The minimum atomic E-state index is -0.221. The van der Waals surface area contributed by atoms with Crippen molar-refractivity contribution in [2.75, 3.05) is 48.0 Å². The number of morpholine rings is 1. The van der Waals surface area contributed by atoms with Gasteiger partial charge in [0.1, 0.15) is 5.82 Å². The molecule has 0 radical (unpaired) electrons. The number of urea groups is 1. The van der Waals surface area contributed by atoms with Gasteiger partial charge in [-0.25, -0.2) is 24.7 Å². The molecule has 1 fully saturated rings. The number of anilines is 3. The highest BCUT2D eigenvalue weighted by Crippen LogP contribution is 2.32. The van der Waals surface area contributed by atoms with Crippen LogP contribution in [0.2, 0.25) is 0 Å². The number of hydrogen-bond acceptors (Lipinski definition) is 8. The summed E-state index contributed by atoms with van der Waals surface area (Å²) in [6.07, 6.45) is 4.32. The first kappa shape index (κ1) is 23.0. The van der Waals surface area contributed by atoms with E-state index in [1.54, 1.807) is 12.4 Å². The molecule has 2 aliphatic rings. The van der Waals surface area contributed by atoms with Crippen LogP contribution >= 0.6 is 0 Å². The molecule has 0 aliphatic carbocycles. The predicted octanol–water partition coefficient (Wildman–Crippen LogP) is 2.86. The highest BCUT2D eigenvalue weighted by Gasteiger charge is 2.29. The molecule has 0 spiro atoms. The minimum Gasteiger partial charge on any atom is -0.377 e. The van der Waals surface area contributed by atoms with Crippen LogP contribution in [0.5, 0.6) is 0 Å². The lowest BCUT2D eigenvalue weighted by Gasteiger charge is -2.38. The molecule has 0 saturated carbocycles. The zero-order chi connectivity index (χ0) is 24.2. The highest BCUT2D eigenvalue weighted by molar-refractivity contribution is 5.89. The molecule has 182 valence electrons. The molecule has 0 bridgehead atoms. The summed E-state index contributed by atoms with van der Waals surface area (Å²) in [6, 6.07) is 9.46. The Morgan fingerprint density at radius 1 is 1.14 bits per heavy atom. The van der Waals surface area contributed by atoms with E-state index in [1.165, 1.54) is 0 Å². The number of carbonyl (C=O) groups is 1. The van der Waals surface area contributed by atoms with Crippen molar-refractivity contribution in [1.82, 2.24) is 25.3 Å². The van der Waals surface area contributed by atoms with Gasteiger partial charge in [-0.15, -0.1) is 0 Å². The predicted molar refractivity (Wildman–Crippen MR) is 135 cm³/mol. The van der Waals surface area contributed by atoms with Gasteiger partial charge in [0.2, 0.25) is 5.95 Å². The summed E-state index contributed by atoms with van der Waals surface area (Å²) >= 11 is 0. The van der Waals surface area contributed by atoms with Crippen molar-refractivity contribution in [3.8, 4) is 11.4 Å². The maximum Gasteiger partial charge on any atom is 0.319 e. The van der Waals surface area contributed by atoms with Gasteiger partial charge in [0.05, 0.1) is 31.5 Å². The third kappa shape index (κ3) is 5.02. The maximum absolute atomic E-state index is 11.8. The molecule has 4 heterocycles. The molecule has 3 aromatic rings. The lowest BCUT2D eigenvalue weighted by molar-refractivity contribution is 0.0984. The van der Waals surface area contributed by atoms with Crippen LogP contribution in [0.25, 0.3) is 11.4 Å². The zero-order valence-corrected chi connectivity index (χ0v) is 20.1. The molecule has 1 saturated heterocycles. The first-order chi connectivity index (χ1) is 17.1. The van der Waals surface area contributed by atoms with Gasteiger partial charge in [-0.2, -0.15) is 0 Å². The van der Waals surface area contributed by atoms with E-state index >= 15 is 0 Å². The van der Waals surface area contributed by atoms with Crippen molar-refractivity contribution in [2.24, 2.45) is 0 Å². The molecular weight excluding hydrogens is 444 g/mol. The Morgan fingerprint density at radius 2 is 1.94 bits per heavy atom. The topological polar surface area (TPSA) is 108 Å². The fourth-order valence-corrected chi connectivity index (χ4v) is 4.47. The number of carbonyl (C=O) groups excluding carboxylic acids is 1. The number of aromatic nitrogens is 4. The Hall–Kier alpha value is -3.79. The molecule has 2 N–H and O–H groups in total. The normalized spacial score (nSPS) is 17.6. The number of rotatable bonds is 5. The molecule has 10 heteroatoms. The van der Waals surface area contributed by atoms with Gasteiger partial charge < -0.3 is 25.2 Å². The van der Waals surface area contributed by atoms with Gasteiger partial charge in [-0.05, 0) is 44.2 Å². The summed E-state index contributed by atoms with van der Waals surface area (Å²) in [4.78, 5) is 35.3. The minimum absolute atomic E-state index is 0.211. The van der Waals surface area contributed by atoms with Crippen LogP contribution in [0.15, 0.2) is 42.7 Å². The van der Waals surface area contributed by atoms with Crippen molar-refractivity contribution in [3.05, 3.63) is 54.0 Å². The van der Waals surface area contributed by atoms with E-state index in [1.807, 2.05) is 37.3 Å². The largest absolute Gasteiger partial charge is 0.377 e. The van der Waals surface area contributed by atoms with Gasteiger partial charge in [-0.1, -0.05) is 0 Å². The monoisotopic (exact) mass is 474 g/mol. The fraction of sp³-hybridized carbons (Fsp3) is 0.400. The summed E-state index contributed by atoms with van der Waals surface area (Å²) in [6.45, 7) is 8.19. The summed E-state index contributed by atoms with van der Waals surface area (Å²) in [5.41, 5.74) is 3.81. The molecule has 2 amide bonds. The summed E-state index contributed by atoms with van der Waals surface area (Å²) in [7, 11) is 0. The average molecular weight is 475 g/mol. The van der Waals surface area contributed by atoms with Crippen LogP contribution in [0, 0.1) is 0 Å². The second-order valence-electron chi connectivity index (χ2n) is 8.70. The molecule has 5 rings (SSSR count). The van der Waals surface area contributed by atoms with Gasteiger partial charge in [0, 0.05) is 55.3 Å². The van der Waals surface area contributed by atoms with Gasteiger partial charge in [0.25, 0.3) is 0 Å². The molecule has 2 aromatic heterocycles. The van der Waals surface area contributed by atoms with Gasteiger partial charge >= 0.3 is 6.03 Å². The summed E-state index contributed by atoms with van der Waals surface area (Å²) in [5.74, 6) is 2.36. The first-order valence-corrected chi connectivity index (χ1v) is 12.0. The molecule has 35 heavy (non-hydrogen) atoms. The van der Waals surface area contributed by atoms with Crippen LogP contribution in [0.1, 0.15) is 25.1 Å². The molecule has 0 unspecified atom stereocenters. The standard InChI is InChI=1S/C25H30N8O2/c1-3-26-25(34)29-19-7-5-18(6-8-19)22-30-21-9-12-32(24-27-10-4-11-28-24)15-20(21)23(31-22)33-13-14-35-16-17(33)2/h4-8,10-11,17H,3,9,12-16H2,1-2H3,(H2,26,29,34)/t17-/m0/s1. The Bertz CT molecular complexity index is 1170. The lowest BCUT2D eigenvalue weighted by atomic mass is 10.0. The summed E-state index contributed by atoms with van der Waals surface area (Å²) < 4.78 is 5.69. The fourth-order valence-electron chi connectivity index (χ4n) is 4.47. The first-order valence-electron chi connectivity index (χ1n) is 12.0. The molecule has 10 nitrogen and oxygen atoms in total. The second-order valence-corrected chi connectivity index (χ2v) is 8.70. The van der Waals surface area contributed by atoms with E-state index in [-0.39, 0.29) is 12.1 Å². The van der Waals surface area contributed by atoms with Crippen molar-refractivity contribution >= 4 is 23.5 Å². The lowest BCUT2D eigenvalue weighted by Crippen LogP contribution is -2.45. The van der Waals surface area contributed by atoms with Crippen LogP contribution in [0.4, 0.5) is 22.2 Å². The Labute approximate surface area is 204 Å². The van der Waals surface area contributed by atoms with Gasteiger partial charge in [0.15, 0.2) is 5.82 Å². The number of benzene rings is 1. The molecular formula is C25H30N8O2. The van der Waals surface area contributed by atoms with E-state index in [0.717, 1.165) is 53.8 Å². The molecule has 1 atom stereocenters. The molecule has 1 aromatic carbocycles. The number of amides is 2. The number of nitrogens with one attached hydrogen (secondary N) is 2. The van der Waals surface area contributed by atoms with Crippen molar-refractivity contribution in [3.63, 3.8) is 0 Å². The Kier molecular flexibility index (Phi) is 6.71. The summed E-state index contributed by atoms with van der Waals surface area (Å²) in [5, 5.41) is 5.56. The van der Waals surface area contributed by atoms with E-state index in [0.29, 0.717) is 32.1 Å². The maximum atomic E-state index is 11.8. The van der Waals surface area contributed by atoms with Crippen LogP contribution in [-0.4, -0.2) is 64.9 Å². The third-order valence-corrected chi connectivity index (χ3v) is 6.25. The van der Waals surface area contributed by atoms with E-state index in [2.05, 4.69) is 37.3 Å². The quantitative estimate of drug-likeness (QED) is 0.581. The van der Waals surface area contributed by atoms with E-state index < -0.39 is 0 Å². The Morgan fingerprint density at radius 3 is 2.69 bits per heavy atom. The SMILES string of the molecule is CCNC(=O)Nc1ccc(-c2nc3c(c(N4CCOC[C@@H]4C)n2)CN(c2ncccn2)CC3)cc1. The van der Waals surface area contributed by atoms with Crippen LogP contribution in [0.3, 0.4) is 0 Å². The number of ether oxygens (including phenoxy) is 1. The van der Waals surface area contributed by atoms with Crippen LogP contribution < -0.4 is 20.4 Å². The Balaban J connectivity index is 1.49. The van der Waals surface area contributed by atoms with Crippen LogP contribution in [-0.2, 0) is 17.7 Å². The van der Waals surface area contributed by atoms with E-state index in [9.17, 15) is 4.79 Å². The average Bonchev–Trinajstić information content (AvgIpc) is 2.89. The smallest absolute Gasteiger partial charge is 0.319 e. The van der Waals surface area contributed by atoms with Gasteiger partial charge in [-0.3, -0.25) is 0 Å². The van der Waals surface area contributed by atoms with Crippen molar-refractivity contribution in [2.45, 2.75) is 32.9 Å². The number of hydrogen-bond donors (Lipinski definition) is 2. The third-order valence-electron chi connectivity index (χ3n) is 6.25. The molecule has 2 aliphatic heterocycles. The van der Waals surface area contributed by atoms with Crippen molar-refractivity contribution in [1.29, 1.82) is 0 Å². The second kappa shape index (κ2) is 10.2. The highest BCUT2D eigenvalue weighted by atomic mass is 16.5. The van der Waals surface area contributed by atoms with E-state index in [4.69, 9.17) is 14.7 Å². The van der Waals surface area contributed by atoms with Crippen molar-refractivity contribution < 1.29 is 9.53 Å². The number of fused-ring (bicyclic) bond motifs is 1. The number of nitrogens with zero attached hydrogens (tertiary/aromatic N) is 6.